The van der Waals surface area contributed by atoms with Gasteiger partial charge in [-0.3, -0.25) is 0 Å². The molecule has 1 atom stereocenters. The third kappa shape index (κ3) is 0.973. The summed E-state index contributed by atoms with van der Waals surface area (Å²) >= 11 is 0. The van der Waals surface area contributed by atoms with Crippen LogP contribution in [0.4, 0.5) is 0 Å². The summed E-state index contributed by atoms with van der Waals surface area (Å²) in [6.07, 6.45) is 9.56. The van der Waals surface area contributed by atoms with Gasteiger partial charge in [0.15, 0.2) is 0 Å². The first-order valence-electron chi connectivity index (χ1n) is 4.38. The third-order valence-electron chi connectivity index (χ3n) is 2.76. The second-order valence-electron chi connectivity index (χ2n) is 3.51. The fourth-order valence-corrected chi connectivity index (χ4v) is 1.90. The van der Waals surface area contributed by atoms with Crippen LogP contribution in [0.5, 0.6) is 0 Å². The van der Waals surface area contributed by atoms with E-state index in [4.69, 9.17) is 0 Å². The maximum absolute atomic E-state index is 2.40. The van der Waals surface area contributed by atoms with Crippen molar-refractivity contribution in [2.75, 3.05) is 0 Å². The van der Waals surface area contributed by atoms with Gasteiger partial charge in [-0.25, -0.2) is 0 Å². The van der Waals surface area contributed by atoms with Gasteiger partial charge in [-0.1, -0.05) is 30.7 Å². The normalized spacial score (nSPS) is 28.9. The summed E-state index contributed by atoms with van der Waals surface area (Å²) in [6.45, 7) is 4.52. The van der Waals surface area contributed by atoms with Crippen molar-refractivity contribution in [3.8, 4) is 0 Å². The average Bonchev–Trinajstić information content (AvgIpc) is 2.30. The van der Waals surface area contributed by atoms with Gasteiger partial charge in [0.05, 0.1) is 0 Å². The zero-order valence-corrected chi connectivity index (χ0v) is 7.22. The van der Waals surface area contributed by atoms with Gasteiger partial charge < -0.3 is 0 Å². The molecule has 58 valence electrons. The molecule has 0 aromatic carbocycles. The lowest BCUT2D eigenvalue weighted by Gasteiger charge is -2.12. The number of fused-ring (bicyclic) bond motifs is 1. The van der Waals surface area contributed by atoms with Crippen molar-refractivity contribution >= 4 is 0 Å². The van der Waals surface area contributed by atoms with E-state index in [2.05, 4.69) is 32.1 Å². The Labute approximate surface area is 68.3 Å². The first-order valence-corrected chi connectivity index (χ1v) is 4.38. The molecular weight excluding hydrogens is 132 g/mol. The highest BCUT2D eigenvalue weighted by molar-refractivity contribution is 5.52. The van der Waals surface area contributed by atoms with Crippen LogP contribution in [-0.2, 0) is 0 Å². The van der Waals surface area contributed by atoms with Gasteiger partial charge in [-0.2, -0.15) is 0 Å². The molecule has 0 aliphatic heterocycles. The van der Waals surface area contributed by atoms with Crippen molar-refractivity contribution in [1.29, 1.82) is 0 Å². The molecule has 1 unspecified atom stereocenters. The number of hydrogen-bond acceptors (Lipinski definition) is 0. The molecule has 0 saturated heterocycles. The predicted octanol–water partition coefficient (Wildman–Crippen LogP) is 3.23. The highest BCUT2D eigenvalue weighted by Crippen LogP contribution is 2.37. The fraction of sp³-hybridized carbons (Fsp3) is 0.455. The molecule has 0 radical (unpaired) electrons. The highest BCUT2D eigenvalue weighted by Gasteiger charge is 2.21. The molecule has 2 aliphatic carbocycles. The summed E-state index contributed by atoms with van der Waals surface area (Å²) in [5.74, 6) is 0.682. The Bertz CT molecular complexity index is 264. The van der Waals surface area contributed by atoms with E-state index in [1.54, 1.807) is 5.57 Å². The minimum Gasteiger partial charge on any atom is -0.0798 e. The molecule has 2 aliphatic rings. The van der Waals surface area contributed by atoms with Gasteiger partial charge in [-0.15, -0.1) is 0 Å². The van der Waals surface area contributed by atoms with E-state index >= 15 is 0 Å². The molecular formula is C11H14. The molecule has 0 amide bonds. The van der Waals surface area contributed by atoms with Gasteiger partial charge in [0.25, 0.3) is 0 Å². The molecule has 0 nitrogen and oxygen atoms in total. The maximum Gasteiger partial charge on any atom is 0.00230 e. The van der Waals surface area contributed by atoms with Crippen LogP contribution in [0.15, 0.2) is 34.9 Å². The predicted molar refractivity (Wildman–Crippen MR) is 48.3 cm³/mol. The number of hydrogen-bond donors (Lipinski definition) is 0. The van der Waals surface area contributed by atoms with Gasteiger partial charge in [0.2, 0.25) is 0 Å². The Morgan fingerprint density at radius 2 is 2.00 bits per heavy atom. The van der Waals surface area contributed by atoms with E-state index < -0.39 is 0 Å². The molecule has 0 saturated carbocycles. The van der Waals surface area contributed by atoms with Crippen LogP contribution in [-0.4, -0.2) is 0 Å². The van der Waals surface area contributed by atoms with Crippen LogP contribution < -0.4 is 0 Å². The van der Waals surface area contributed by atoms with Crippen LogP contribution in [0, 0.1) is 5.92 Å². The lowest BCUT2D eigenvalue weighted by atomic mass is 9.93. The van der Waals surface area contributed by atoms with Crippen molar-refractivity contribution in [2.45, 2.75) is 26.7 Å². The molecule has 0 N–H and O–H groups in total. The molecule has 0 fully saturated rings. The van der Waals surface area contributed by atoms with Crippen LogP contribution in [0.2, 0.25) is 0 Å². The third-order valence-corrected chi connectivity index (χ3v) is 2.76. The maximum atomic E-state index is 2.40. The monoisotopic (exact) mass is 146 g/mol. The van der Waals surface area contributed by atoms with Gasteiger partial charge in [0, 0.05) is 5.92 Å². The largest absolute Gasteiger partial charge is 0.0798 e. The van der Waals surface area contributed by atoms with Crippen molar-refractivity contribution in [3.05, 3.63) is 34.9 Å². The van der Waals surface area contributed by atoms with Crippen molar-refractivity contribution in [3.63, 3.8) is 0 Å². The summed E-state index contributed by atoms with van der Waals surface area (Å²) in [5.41, 5.74) is 4.57. The summed E-state index contributed by atoms with van der Waals surface area (Å²) in [7, 11) is 0. The Balaban J connectivity index is 2.41. The molecule has 2 rings (SSSR count). The van der Waals surface area contributed by atoms with Crippen LogP contribution >= 0.6 is 0 Å². The van der Waals surface area contributed by atoms with Gasteiger partial charge in [-0.05, 0) is 30.9 Å². The molecule has 0 spiro atoms. The second kappa shape index (κ2) is 2.37. The lowest BCUT2D eigenvalue weighted by molar-refractivity contribution is 0.823. The Kier molecular flexibility index (Phi) is 1.49. The smallest absolute Gasteiger partial charge is 0.00230 e. The Morgan fingerprint density at radius 3 is 2.73 bits per heavy atom. The summed E-state index contributed by atoms with van der Waals surface area (Å²) in [4.78, 5) is 0. The van der Waals surface area contributed by atoms with Gasteiger partial charge >= 0.3 is 0 Å². The molecule has 0 heterocycles. The number of allylic oxidation sites excluding steroid dienone is 6. The number of rotatable bonds is 0. The zero-order chi connectivity index (χ0) is 7.84. The average molecular weight is 146 g/mol. The van der Waals surface area contributed by atoms with Crippen LogP contribution in [0.25, 0.3) is 0 Å². The summed E-state index contributed by atoms with van der Waals surface area (Å²) in [5, 5.41) is 0. The highest BCUT2D eigenvalue weighted by atomic mass is 14.3. The molecule has 0 bridgehead atoms. The Hall–Kier alpha value is -0.780. The zero-order valence-electron chi connectivity index (χ0n) is 7.22. The van der Waals surface area contributed by atoms with Crippen molar-refractivity contribution in [1.82, 2.24) is 0 Å². The summed E-state index contributed by atoms with van der Waals surface area (Å²) < 4.78 is 0. The minimum atomic E-state index is 0.682. The molecule has 0 heteroatoms. The van der Waals surface area contributed by atoms with E-state index in [1.165, 1.54) is 24.0 Å². The quantitative estimate of drug-likeness (QED) is 0.492. The van der Waals surface area contributed by atoms with E-state index in [0.29, 0.717) is 5.92 Å². The second-order valence-corrected chi connectivity index (χ2v) is 3.51. The van der Waals surface area contributed by atoms with Crippen LogP contribution in [0.3, 0.4) is 0 Å². The molecule has 0 aromatic rings. The van der Waals surface area contributed by atoms with E-state index in [0.717, 1.165) is 0 Å². The topological polar surface area (TPSA) is 0 Å². The van der Waals surface area contributed by atoms with Crippen molar-refractivity contribution < 1.29 is 0 Å². The lowest BCUT2D eigenvalue weighted by Crippen LogP contribution is -1.97. The fourth-order valence-electron chi connectivity index (χ4n) is 1.90. The first kappa shape index (κ1) is 6.90. The standard InChI is InChI=1S/C11H14/c1-8-7-10-5-3-4-6-11(10)9(8)2/h5-7,9H,3-4H2,1-2H3. The first-order chi connectivity index (χ1) is 5.29. The molecule has 11 heavy (non-hydrogen) atoms. The van der Waals surface area contributed by atoms with E-state index in [-0.39, 0.29) is 0 Å². The summed E-state index contributed by atoms with van der Waals surface area (Å²) in [6, 6.07) is 0. The van der Waals surface area contributed by atoms with Crippen LogP contribution in [0.1, 0.15) is 26.7 Å². The Morgan fingerprint density at radius 1 is 1.27 bits per heavy atom. The van der Waals surface area contributed by atoms with E-state index in [1.807, 2.05) is 0 Å². The van der Waals surface area contributed by atoms with Crippen molar-refractivity contribution in [2.24, 2.45) is 5.92 Å². The SMILES string of the molecule is CC1=CC2=CCCC=C2C1C. The minimum absolute atomic E-state index is 0.682. The van der Waals surface area contributed by atoms with E-state index in [9.17, 15) is 0 Å². The van der Waals surface area contributed by atoms with Gasteiger partial charge in [0.1, 0.15) is 0 Å². The molecule has 0 aromatic heterocycles.